The molecule has 0 saturated carbocycles. The van der Waals surface area contributed by atoms with Gasteiger partial charge in [0.25, 0.3) is 0 Å². The maximum atomic E-state index is 5.50. The molecule has 0 fully saturated rings. The first-order valence-corrected chi connectivity index (χ1v) is 7.81. The zero-order valence-electron chi connectivity index (χ0n) is 13.1. The molecule has 1 aliphatic carbocycles. The quantitative estimate of drug-likeness (QED) is 0.638. The molecule has 1 N–H and O–H groups in total. The number of fused-ring (bicyclic) bond motifs is 1. The van der Waals surface area contributed by atoms with Crippen LogP contribution in [0, 0.1) is 0 Å². The Labute approximate surface area is 123 Å². The Bertz CT molecular complexity index is 408. The summed E-state index contributed by atoms with van der Waals surface area (Å²) in [6.45, 7) is 4.68. The summed E-state index contributed by atoms with van der Waals surface area (Å²) in [5.41, 5.74) is 2.98. The van der Waals surface area contributed by atoms with Crippen molar-refractivity contribution in [2.24, 2.45) is 0 Å². The molecule has 0 heterocycles. The molecule has 0 amide bonds. The summed E-state index contributed by atoms with van der Waals surface area (Å²) in [6, 6.07) is 9.84. The third-order valence-corrected chi connectivity index (χ3v) is 4.39. The second kappa shape index (κ2) is 7.77. The number of aryl methyl sites for hydroxylation is 1. The zero-order chi connectivity index (χ0) is 14.4. The van der Waals surface area contributed by atoms with E-state index >= 15 is 0 Å². The minimum atomic E-state index is 0.417. The first kappa shape index (κ1) is 15.5. The van der Waals surface area contributed by atoms with Gasteiger partial charge in [-0.05, 0) is 51.4 Å². The van der Waals surface area contributed by atoms with Gasteiger partial charge < -0.3 is 10.1 Å². The van der Waals surface area contributed by atoms with Crippen LogP contribution >= 0.6 is 0 Å². The van der Waals surface area contributed by atoms with E-state index < -0.39 is 0 Å². The van der Waals surface area contributed by atoms with Gasteiger partial charge in [-0.25, -0.2) is 0 Å². The van der Waals surface area contributed by atoms with Crippen molar-refractivity contribution in [2.45, 2.75) is 38.3 Å². The van der Waals surface area contributed by atoms with Crippen LogP contribution in [-0.2, 0) is 11.2 Å². The van der Waals surface area contributed by atoms with Gasteiger partial charge in [-0.15, -0.1) is 0 Å². The van der Waals surface area contributed by atoms with E-state index in [0.717, 1.165) is 19.8 Å². The molecule has 0 saturated heterocycles. The average Bonchev–Trinajstić information content (AvgIpc) is 2.66. The molecule has 3 nitrogen and oxygen atoms in total. The lowest BCUT2D eigenvalue weighted by molar-refractivity contribution is 0.0954. The largest absolute Gasteiger partial charge is 0.380 e. The molecule has 0 bridgehead atoms. The Kier molecular flexibility index (Phi) is 6.02. The number of ether oxygens (including phenoxy) is 1. The highest BCUT2D eigenvalue weighted by Gasteiger charge is 2.28. The van der Waals surface area contributed by atoms with Gasteiger partial charge in [-0.3, -0.25) is 4.90 Å². The molecule has 1 aromatic rings. The molecule has 2 atom stereocenters. The molecule has 2 rings (SSSR count). The molecule has 0 radical (unpaired) electrons. The van der Waals surface area contributed by atoms with Crippen molar-refractivity contribution in [3.05, 3.63) is 35.4 Å². The summed E-state index contributed by atoms with van der Waals surface area (Å²) in [7, 11) is 4.30. The predicted octanol–water partition coefficient (Wildman–Crippen LogP) is 2.62. The van der Waals surface area contributed by atoms with Gasteiger partial charge >= 0.3 is 0 Å². The Balaban J connectivity index is 2.12. The molecule has 1 aromatic carbocycles. The van der Waals surface area contributed by atoms with Gasteiger partial charge in [0, 0.05) is 25.2 Å². The topological polar surface area (TPSA) is 24.5 Å². The molecule has 0 aliphatic heterocycles. The van der Waals surface area contributed by atoms with Crippen LogP contribution in [-0.4, -0.2) is 44.8 Å². The number of nitrogens with zero attached hydrogens (tertiary/aromatic N) is 1. The summed E-state index contributed by atoms with van der Waals surface area (Å²) < 4.78 is 5.50. The number of nitrogens with one attached hydrogen (secondary N) is 1. The number of likely N-dealkylation sites (N-methyl/N-ethyl adjacent to an activating group) is 2. The van der Waals surface area contributed by atoms with Crippen molar-refractivity contribution >= 4 is 0 Å². The van der Waals surface area contributed by atoms with E-state index in [1.807, 2.05) is 0 Å². The summed E-state index contributed by atoms with van der Waals surface area (Å²) in [5.74, 6) is 0. The second-order valence-electron chi connectivity index (χ2n) is 5.60. The number of rotatable bonds is 6. The van der Waals surface area contributed by atoms with Crippen LogP contribution in [0.1, 0.15) is 36.9 Å². The third-order valence-electron chi connectivity index (χ3n) is 4.39. The predicted molar refractivity (Wildman–Crippen MR) is 84.1 cm³/mol. The maximum absolute atomic E-state index is 5.50. The molecule has 3 heteroatoms. The van der Waals surface area contributed by atoms with E-state index in [1.54, 1.807) is 0 Å². The molecular formula is C17H28N2O. The summed E-state index contributed by atoms with van der Waals surface area (Å²) >= 11 is 0. The fourth-order valence-electron chi connectivity index (χ4n) is 3.28. The van der Waals surface area contributed by atoms with E-state index in [0.29, 0.717) is 12.1 Å². The van der Waals surface area contributed by atoms with Crippen molar-refractivity contribution < 1.29 is 4.74 Å². The molecule has 112 valence electrons. The van der Waals surface area contributed by atoms with Gasteiger partial charge in [0.15, 0.2) is 0 Å². The van der Waals surface area contributed by atoms with Crippen LogP contribution in [0.2, 0.25) is 0 Å². The lowest BCUT2D eigenvalue weighted by Gasteiger charge is -2.34. The van der Waals surface area contributed by atoms with Gasteiger partial charge in [-0.2, -0.15) is 0 Å². The lowest BCUT2D eigenvalue weighted by atomic mass is 9.95. The molecule has 0 spiro atoms. The van der Waals surface area contributed by atoms with Crippen molar-refractivity contribution in [1.82, 2.24) is 10.2 Å². The maximum Gasteiger partial charge on any atom is 0.0593 e. The molecule has 20 heavy (non-hydrogen) atoms. The summed E-state index contributed by atoms with van der Waals surface area (Å²) in [5, 5.41) is 3.54. The third kappa shape index (κ3) is 3.60. The van der Waals surface area contributed by atoms with Gasteiger partial charge in [-0.1, -0.05) is 24.3 Å². The zero-order valence-corrected chi connectivity index (χ0v) is 13.1. The smallest absolute Gasteiger partial charge is 0.0593 e. The minimum Gasteiger partial charge on any atom is -0.380 e. The second-order valence-corrected chi connectivity index (χ2v) is 5.60. The van der Waals surface area contributed by atoms with Crippen LogP contribution in [0.4, 0.5) is 0 Å². The average molecular weight is 276 g/mol. The fraction of sp³-hybridized carbons (Fsp3) is 0.647. The van der Waals surface area contributed by atoms with E-state index in [1.165, 1.54) is 30.4 Å². The number of hydrogen-bond acceptors (Lipinski definition) is 3. The highest BCUT2D eigenvalue weighted by molar-refractivity contribution is 5.32. The summed E-state index contributed by atoms with van der Waals surface area (Å²) in [4.78, 5) is 2.46. The van der Waals surface area contributed by atoms with Crippen LogP contribution in [0.5, 0.6) is 0 Å². The van der Waals surface area contributed by atoms with Gasteiger partial charge in [0.2, 0.25) is 0 Å². The van der Waals surface area contributed by atoms with Crippen molar-refractivity contribution in [2.75, 3.05) is 33.9 Å². The Morgan fingerprint density at radius 1 is 1.35 bits per heavy atom. The highest BCUT2D eigenvalue weighted by atomic mass is 16.5. The number of benzene rings is 1. The van der Waals surface area contributed by atoms with Gasteiger partial charge in [0.1, 0.15) is 0 Å². The van der Waals surface area contributed by atoms with Crippen LogP contribution in [0.3, 0.4) is 0 Å². The Hall–Kier alpha value is -0.900. The van der Waals surface area contributed by atoms with Crippen LogP contribution < -0.4 is 5.32 Å². The monoisotopic (exact) mass is 276 g/mol. The molecule has 1 aliphatic rings. The SMILES string of the molecule is CCOCCN(C)C1CCCc2ccccc2C1NC. The normalized spacial score (nSPS) is 22.6. The Morgan fingerprint density at radius 3 is 2.90 bits per heavy atom. The van der Waals surface area contributed by atoms with Crippen molar-refractivity contribution in [3.63, 3.8) is 0 Å². The molecular weight excluding hydrogens is 248 g/mol. The van der Waals surface area contributed by atoms with E-state index in [-0.39, 0.29) is 0 Å². The van der Waals surface area contributed by atoms with Crippen molar-refractivity contribution in [3.8, 4) is 0 Å². The molecule has 0 aromatic heterocycles. The first-order chi connectivity index (χ1) is 9.77. The van der Waals surface area contributed by atoms with Crippen LogP contribution in [0.25, 0.3) is 0 Å². The van der Waals surface area contributed by atoms with E-state index in [4.69, 9.17) is 4.74 Å². The van der Waals surface area contributed by atoms with Crippen molar-refractivity contribution in [1.29, 1.82) is 0 Å². The van der Waals surface area contributed by atoms with Crippen LogP contribution in [0.15, 0.2) is 24.3 Å². The molecule has 2 unspecified atom stereocenters. The summed E-state index contributed by atoms with van der Waals surface area (Å²) in [6.07, 6.45) is 3.70. The standard InChI is InChI=1S/C17H28N2O/c1-4-20-13-12-19(3)16-11-7-9-14-8-5-6-10-15(14)17(16)18-2/h5-6,8,10,16-18H,4,7,9,11-13H2,1-3H3. The minimum absolute atomic E-state index is 0.417. The van der Waals surface area contributed by atoms with E-state index in [2.05, 4.69) is 55.5 Å². The van der Waals surface area contributed by atoms with Gasteiger partial charge in [0.05, 0.1) is 6.61 Å². The lowest BCUT2D eigenvalue weighted by Crippen LogP contribution is -2.42. The fourth-order valence-corrected chi connectivity index (χ4v) is 3.28. The van der Waals surface area contributed by atoms with E-state index in [9.17, 15) is 0 Å². The number of hydrogen-bond donors (Lipinski definition) is 1. The first-order valence-electron chi connectivity index (χ1n) is 7.81. The Morgan fingerprint density at radius 2 is 2.15 bits per heavy atom. The highest BCUT2D eigenvalue weighted by Crippen LogP contribution is 2.31.